The first kappa shape index (κ1) is 38.0. The maximum atomic E-state index is 15.5. The Kier molecular flexibility index (Phi) is 12.5. The second-order valence-corrected chi connectivity index (χ2v) is 15.2. The zero-order valence-corrected chi connectivity index (χ0v) is 30.1. The first-order chi connectivity index (χ1) is 24.3. The highest BCUT2D eigenvalue weighted by atomic mass is 35.5. The van der Waals surface area contributed by atoms with Gasteiger partial charge < -0.3 is 15.0 Å². The number of aromatic nitrogens is 1. The highest BCUT2D eigenvalue weighted by molar-refractivity contribution is 7.82. The van der Waals surface area contributed by atoms with E-state index in [1.54, 1.807) is 80.3 Å². The van der Waals surface area contributed by atoms with E-state index in [-0.39, 0.29) is 36.2 Å². The number of rotatable bonds is 11. The number of hydrogen-bond donors (Lipinski definition) is 1. The number of ether oxygens (including phenoxy) is 1. The summed E-state index contributed by atoms with van der Waals surface area (Å²) >= 11 is 6.09. The van der Waals surface area contributed by atoms with E-state index in [4.69, 9.17) is 16.3 Å². The van der Waals surface area contributed by atoms with E-state index in [9.17, 15) is 22.6 Å². The molecule has 0 aliphatic carbocycles. The first-order valence-electron chi connectivity index (χ1n) is 16.6. The number of anilines is 1. The van der Waals surface area contributed by atoms with Gasteiger partial charge in [-0.25, -0.2) is 26.5 Å². The van der Waals surface area contributed by atoms with Gasteiger partial charge in [0.05, 0.1) is 4.90 Å². The number of pyridine rings is 1. The Morgan fingerprint density at radius 2 is 1.69 bits per heavy atom. The number of piperazine rings is 1. The average Bonchev–Trinajstić information content (AvgIpc) is 3.10. The minimum absolute atomic E-state index is 0.150. The fraction of sp³-hybridized carbons (Fsp3) is 0.342. The van der Waals surface area contributed by atoms with Crippen molar-refractivity contribution in [2.45, 2.75) is 68.9 Å². The number of hydrogen-bond acceptors (Lipinski definition) is 5. The molecule has 13 heteroatoms. The first-order valence-corrected chi connectivity index (χ1v) is 18.0. The fourth-order valence-corrected chi connectivity index (χ4v) is 7.47. The molecule has 1 saturated heterocycles. The number of nitrogens with zero attached hydrogens (tertiary/aromatic N) is 3. The van der Waals surface area contributed by atoms with Crippen LogP contribution in [0, 0.1) is 5.82 Å². The normalized spacial score (nSPS) is 16.5. The zero-order valence-electron chi connectivity index (χ0n) is 28.5. The van der Waals surface area contributed by atoms with Gasteiger partial charge in [0.1, 0.15) is 22.4 Å². The number of amides is 2. The van der Waals surface area contributed by atoms with Crippen LogP contribution in [0.15, 0.2) is 96.2 Å². The minimum Gasteiger partial charge on any atom is -0.444 e. The van der Waals surface area contributed by atoms with E-state index in [0.717, 1.165) is 6.20 Å². The summed E-state index contributed by atoms with van der Waals surface area (Å²) in [6.45, 7) is 6.16. The zero-order chi connectivity index (χ0) is 36.7. The molecule has 1 N–H and O–H groups in total. The summed E-state index contributed by atoms with van der Waals surface area (Å²) in [4.78, 5) is 32.8. The molecule has 0 radical (unpaired) electrons. The van der Waals surface area contributed by atoms with Gasteiger partial charge in [-0.3, -0.25) is 9.78 Å². The van der Waals surface area contributed by atoms with E-state index in [0.29, 0.717) is 40.6 Å². The second kappa shape index (κ2) is 16.8. The maximum Gasteiger partial charge on any atom is 0.410 e. The van der Waals surface area contributed by atoms with Gasteiger partial charge in [0.2, 0.25) is 5.91 Å². The average molecular weight is 741 g/mol. The Morgan fingerprint density at radius 3 is 2.37 bits per heavy atom. The number of benzene rings is 3. The van der Waals surface area contributed by atoms with Crippen LogP contribution in [-0.4, -0.2) is 61.7 Å². The smallest absolute Gasteiger partial charge is 0.410 e. The van der Waals surface area contributed by atoms with Crippen LogP contribution in [0.3, 0.4) is 0 Å². The van der Waals surface area contributed by atoms with Gasteiger partial charge in [-0.1, -0.05) is 48.0 Å². The van der Waals surface area contributed by atoms with Crippen LogP contribution < -0.4 is 5.32 Å². The van der Waals surface area contributed by atoms with Crippen molar-refractivity contribution < 1.29 is 31.7 Å². The topological polar surface area (TPSA) is 91.8 Å². The Morgan fingerprint density at radius 1 is 0.980 bits per heavy atom. The SMILES string of the molecule is CC(C)(C)OC(=O)N1CCN(S(=O)c2ccccc2)[C@@H](CCc2c(F)cccc2NC(=O)C[C@@H](c2ccc(Cl)cc2)c2cncc(C(F)F)c2)C1. The molecule has 2 heterocycles. The quantitative estimate of drug-likeness (QED) is 0.167. The van der Waals surface area contributed by atoms with Crippen molar-refractivity contribution in [3.63, 3.8) is 0 Å². The monoisotopic (exact) mass is 740 g/mol. The van der Waals surface area contributed by atoms with Crippen LogP contribution in [0.2, 0.25) is 5.02 Å². The largest absolute Gasteiger partial charge is 0.444 e. The lowest BCUT2D eigenvalue weighted by Gasteiger charge is -2.40. The van der Waals surface area contributed by atoms with Gasteiger partial charge in [0, 0.05) is 72.2 Å². The molecule has 3 aromatic carbocycles. The highest BCUT2D eigenvalue weighted by Gasteiger charge is 2.35. The van der Waals surface area contributed by atoms with Crippen molar-refractivity contribution in [3.8, 4) is 0 Å². The molecule has 51 heavy (non-hydrogen) atoms. The molecule has 270 valence electrons. The van der Waals surface area contributed by atoms with E-state index in [1.807, 2.05) is 10.4 Å². The Bertz CT molecular complexity index is 1840. The molecule has 4 aromatic rings. The van der Waals surface area contributed by atoms with Gasteiger partial charge in [0.25, 0.3) is 6.43 Å². The van der Waals surface area contributed by atoms with Crippen LogP contribution in [-0.2, 0) is 26.9 Å². The second-order valence-electron chi connectivity index (χ2n) is 13.3. The molecule has 3 atom stereocenters. The van der Waals surface area contributed by atoms with Gasteiger partial charge >= 0.3 is 6.09 Å². The van der Waals surface area contributed by atoms with Crippen LogP contribution in [0.5, 0.6) is 0 Å². The van der Waals surface area contributed by atoms with Crippen LogP contribution in [0.1, 0.15) is 68.2 Å². The molecule has 1 aromatic heterocycles. The molecule has 0 saturated carbocycles. The van der Waals surface area contributed by atoms with E-state index < -0.39 is 52.8 Å². The third kappa shape index (κ3) is 10.2. The lowest BCUT2D eigenvalue weighted by molar-refractivity contribution is -0.116. The molecule has 1 unspecified atom stereocenters. The minimum atomic E-state index is -2.74. The summed E-state index contributed by atoms with van der Waals surface area (Å²) in [5.74, 6) is -1.65. The Hall–Kier alpha value is -4.26. The van der Waals surface area contributed by atoms with E-state index in [1.165, 1.54) is 24.4 Å². The number of halogens is 4. The van der Waals surface area contributed by atoms with Crippen molar-refractivity contribution in [2.24, 2.45) is 0 Å². The summed E-state index contributed by atoms with van der Waals surface area (Å²) < 4.78 is 63.8. The molecule has 0 spiro atoms. The molecule has 2 amide bonds. The maximum absolute atomic E-state index is 15.5. The van der Waals surface area contributed by atoms with Crippen LogP contribution >= 0.6 is 11.6 Å². The molecule has 8 nitrogen and oxygen atoms in total. The van der Waals surface area contributed by atoms with Crippen LogP contribution in [0.4, 0.5) is 23.7 Å². The molecule has 0 bridgehead atoms. The summed E-state index contributed by atoms with van der Waals surface area (Å²) in [7, 11) is -1.54. The molecular weight excluding hydrogens is 701 g/mol. The van der Waals surface area contributed by atoms with Gasteiger partial charge in [-0.05, 0) is 87.2 Å². The number of nitrogens with one attached hydrogen (secondary N) is 1. The predicted octanol–water partition coefficient (Wildman–Crippen LogP) is 8.55. The molecule has 1 aliphatic heterocycles. The highest BCUT2D eigenvalue weighted by Crippen LogP contribution is 2.32. The summed E-state index contributed by atoms with van der Waals surface area (Å²) in [5.41, 5.74) is 0.615. The Balaban J connectivity index is 1.37. The summed E-state index contributed by atoms with van der Waals surface area (Å²) in [6.07, 6.45) is -0.387. The summed E-state index contributed by atoms with van der Waals surface area (Å²) in [5, 5.41) is 3.31. The van der Waals surface area contributed by atoms with Crippen molar-refractivity contribution >= 4 is 40.3 Å². The molecular formula is C38H40ClF3N4O4S. The van der Waals surface area contributed by atoms with Crippen molar-refractivity contribution in [1.82, 2.24) is 14.2 Å². The van der Waals surface area contributed by atoms with Crippen molar-refractivity contribution in [1.29, 1.82) is 0 Å². The van der Waals surface area contributed by atoms with Gasteiger partial charge in [0.15, 0.2) is 0 Å². The van der Waals surface area contributed by atoms with E-state index >= 15 is 4.39 Å². The van der Waals surface area contributed by atoms with Crippen molar-refractivity contribution in [2.75, 3.05) is 25.0 Å². The van der Waals surface area contributed by atoms with Gasteiger partial charge in [-0.15, -0.1) is 0 Å². The molecule has 1 aliphatic rings. The number of carbonyl (C=O) groups is 2. The third-order valence-corrected chi connectivity index (χ3v) is 10.3. The van der Waals surface area contributed by atoms with Gasteiger partial charge in [-0.2, -0.15) is 0 Å². The lowest BCUT2D eigenvalue weighted by atomic mass is 9.88. The van der Waals surface area contributed by atoms with E-state index in [2.05, 4.69) is 10.3 Å². The predicted molar refractivity (Wildman–Crippen MR) is 192 cm³/mol. The Labute approximate surface area is 303 Å². The van der Waals surface area contributed by atoms with Crippen LogP contribution in [0.25, 0.3) is 0 Å². The number of carbonyl (C=O) groups excluding carboxylic acids is 2. The standard InChI is InChI=1S/C38H40ClF3N4O4S/c1-38(2,3)50-37(48)45-18-19-46(51(49)30-8-5-4-6-9-30)29(24-45)16-17-31-33(40)10-7-11-34(31)44-35(47)21-32(25-12-14-28(39)15-13-25)26-20-27(36(41)42)23-43-22-26/h4-15,20,22-23,29,32,36H,16-19,21,24H2,1-3H3,(H,44,47)/t29-,32-,51?/m0/s1. The summed E-state index contributed by atoms with van der Waals surface area (Å²) in [6, 6.07) is 21.0. The number of alkyl halides is 2. The molecule has 1 fully saturated rings. The molecule has 5 rings (SSSR count). The fourth-order valence-electron chi connectivity index (χ4n) is 5.99. The van der Waals surface area contributed by atoms with Crippen molar-refractivity contribution in [3.05, 3.63) is 124 Å². The lowest BCUT2D eigenvalue weighted by Crippen LogP contribution is -2.55. The third-order valence-electron chi connectivity index (χ3n) is 8.46.